The van der Waals surface area contributed by atoms with Gasteiger partial charge in [-0.1, -0.05) is 6.92 Å². The lowest BCUT2D eigenvalue weighted by Gasteiger charge is -2.39. The van der Waals surface area contributed by atoms with Gasteiger partial charge >= 0.3 is 0 Å². The second-order valence-corrected chi connectivity index (χ2v) is 6.62. The van der Waals surface area contributed by atoms with E-state index < -0.39 is 0 Å². The summed E-state index contributed by atoms with van der Waals surface area (Å²) in [5.41, 5.74) is 0. The lowest BCUT2D eigenvalue weighted by molar-refractivity contribution is 0.117. The van der Waals surface area contributed by atoms with Crippen molar-refractivity contribution in [1.29, 1.82) is 0 Å². The van der Waals surface area contributed by atoms with Crippen molar-refractivity contribution in [2.75, 3.05) is 32.8 Å². The minimum absolute atomic E-state index is 0.303. The highest BCUT2D eigenvalue weighted by Gasteiger charge is 2.29. The highest BCUT2D eigenvalue weighted by atomic mass is 16.5. The number of guanidine groups is 1. The van der Waals surface area contributed by atoms with Crippen LogP contribution in [0.4, 0.5) is 0 Å². The maximum absolute atomic E-state index is 5.70. The lowest BCUT2D eigenvalue weighted by atomic mass is 9.93. The molecule has 128 valence electrons. The quantitative estimate of drug-likeness (QED) is 0.680. The van der Waals surface area contributed by atoms with Crippen LogP contribution in [0.2, 0.25) is 0 Å². The zero-order valence-corrected chi connectivity index (χ0v) is 14.3. The summed E-state index contributed by atoms with van der Waals surface area (Å²) in [6.07, 6.45) is 9.65. The van der Waals surface area contributed by atoms with Crippen LogP contribution >= 0.6 is 0 Å². The molecule has 23 heavy (non-hydrogen) atoms. The van der Waals surface area contributed by atoms with Crippen LogP contribution in [0.25, 0.3) is 0 Å². The van der Waals surface area contributed by atoms with Crippen LogP contribution < -0.4 is 5.32 Å². The molecule has 0 bridgehead atoms. The molecule has 1 aromatic rings. The van der Waals surface area contributed by atoms with E-state index in [0.717, 1.165) is 45.2 Å². The molecule has 3 rings (SSSR count). The highest BCUT2D eigenvalue weighted by molar-refractivity contribution is 5.80. The third kappa shape index (κ3) is 4.05. The Morgan fingerprint density at radius 1 is 1.43 bits per heavy atom. The number of imidazole rings is 1. The van der Waals surface area contributed by atoms with Crippen molar-refractivity contribution in [3.63, 3.8) is 0 Å². The number of hydrogen-bond donors (Lipinski definition) is 1. The number of nitrogens with one attached hydrogen (secondary N) is 1. The van der Waals surface area contributed by atoms with E-state index in [0.29, 0.717) is 18.1 Å². The van der Waals surface area contributed by atoms with E-state index in [9.17, 15) is 0 Å². The van der Waals surface area contributed by atoms with E-state index in [1.54, 1.807) is 0 Å². The van der Waals surface area contributed by atoms with Crippen LogP contribution in [0.3, 0.4) is 0 Å². The van der Waals surface area contributed by atoms with Crippen molar-refractivity contribution in [3.05, 3.63) is 18.7 Å². The second-order valence-electron chi connectivity index (χ2n) is 6.62. The summed E-state index contributed by atoms with van der Waals surface area (Å²) in [6, 6.07) is 0.456. The predicted octanol–water partition coefficient (Wildman–Crippen LogP) is 1.91. The minimum atomic E-state index is 0.303. The summed E-state index contributed by atoms with van der Waals surface area (Å²) < 4.78 is 7.94. The molecule has 2 aliphatic heterocycles. The van der Waals surface area contributed by atoms with E-state index in [2.05, 4.69) is 39.8 Å². The second kappa shape index (κ2) is 7.81. The topological polar surface area (TPSA) is 54.7 Å². The molecular formula is C17H29N5O. The monoisotopic (exact) mass is 319 g/mol. The molecule has 2 fully saturated rings. The SMILES string of the molecule is CCNC(=NCC1CCCO1)N1CCC(C)C(n2ccnc2)C1. The Labute approximate surface area is 138 Å². The van der Waals surface area contributed by atoms with Crippen LogP contribution in [0.15, 0.2) is 23.7 Å². The molecule has 0 radical (unpaired) electrons. The standard InChI is InChI=1S/C17H29N5O/c1-3-19-17(20-11-15-5-4-10-23-15)21-8-6-14(2)16(12-21)22-9-7-18-13-22/h7,9,13-16H,3-6,8,10-12H2,1-2H3,(H,19,20). The van der Waals surface area contributed by atoms with Gasteiger partial charge in [0, 0.05) is 38.6 Å². The maximum atomic E-state index is 5.70. The summed E-state index contributed by atoms with van der Waals surface area (Å²) in [7, 11) is 0. The zero-order valence-electron chi connectivity index (χ0n) is 14.3. The first kappa shape index (κ1) is 16.3. The molecule has 1 N–H and O–H groups in total. The largest absolute Gasteiger partial charge is 0.376 e. The first-order valence-corrected chi connectivity index (χ1v) is 8.90. The molecule has 0 saturated carbocycles. The van der Waals surface area contributed by atoms with Crippen molar-refractivity contribution in [2.45, 2.75) is 45.3 Å². The van der Waals surface area contributed by atoms with Crippen LogP contribution in [0.1, 0.15) is 39.2 Å². The molecule has 2 aliphatic rings. The summed E-state index contributed by atoms with van der Waals surface area (Å²) in [4.78, 5) is 11.4. The number of hydrogen-bond acceptors (Lipinski definition) is 3. The van der Waals surface area contributed by atoms with Crippen molar-refractivity contribution in [3.8, 4) is 0 Å². The van der Waals surface area contributed by atoms with E-state index in [4.69, 9.17) is 9.73 Å². The third-order valence-corrected chi connectivity index (χ3v) is 4.93. The van der Waals surface area contributed by atoms with Crippen molar-refractivity contribution in [2.24, 2.45) is 10.9 Å². The molecule has 0 spiro atoms. The summed E-state index contributed by atoms with van der Waals surface area (Å²) in [5, 5.41) is 3.45. The van der Waals surface area contributed by atoms with Gasteiger partial charge in [0.05, 0.1) is 25.0 Å². The molecule has 3 heterocycles. The third-order valence-electron chi connectivity index (χ3n) is 4.93. The van der Waals surface area contributed by atoms with Crippen LogP contribution in [0, 0.1) is 5.92 Å². The number of likely N-dealkylation sites (tertiary alicyclic amines) is 1. The summed E-state index contributed by atoms with van der Waals surface area (Å²) in [6.45, 7) is 9.05. The van der Waals surface area contributed by atoms with Crippen molar-refractivity contribution in [1.82, 2.24) is 19.8 Å². The Morgan fingerprint density at radius 2 is 2.35 bits per heavy atom. The van der Waals surface area contributed by atoms with Gasteiger partial charge in [-0.25, -0.2) is 4.98 Å². The molecule has 3 atom stereocenters. The molecule has 6 heteroatoms. The number of rotatable bonds is 4. The number of aromatic nitrogens is 2. The van der Waals surface area contributed by atoms with E-state index in [1.807, 2.05) is 12.5 Å². The molecule has 6 nitrogen and oxygen atoms in total. The predicted molar refractivity (Wildman–Crippen MR) is 91.6 cm³/mol. The summed E-state index contributed by atoms with van der Waals surface area (Å²) in [5.74, 6) is 1.68. The average Bonchev–Trinajstić information content (AvgIpc) is 3.25. The number of piperidine rings is 1. The van der Waals surface area contributed by atoms with Gasteiger partial charge < -0.3 is 19.5 Å². The Hall–Kier alpha value is -1.56. The highest BCUT2D eigenvalue weighted by Crippen LogP contribution is 2.27. The van der Waals surface area contributed by atoms with E-state index in [1.165, 1.54) is 12.8 Å². The Morgan fingerprint density at radius 3 is 3.04 bits per heavy atom. The fourth-order valence-corrected chi connectivity index (χ4v) is 3.50. The fourth-order valence-electron chi connectivity index (χ4n) is 3.50. The first-order chi connectivity index (χ1) is 11.3. The van der Waals surface area contributed by atoms with Crippen molar-refractivity contribution < 1.29 is 4.74 Å². The summed E-state index contributed by atoms with van der Waals surface area (Å²) >= 11 is 0. The molecule has 0 amide bonds. The van der Waals surface area contributed by atoms with Gasteiger partial charge in [0.2, 0.25) is 0 Å². The molecule has 2 saturated heterocycles. The van der Waals surface area contributed by atoms with Crippen molar-refractivity contribution >= 4 is 5.96 Å². The lowest BCUT2D eigenvalue weighted by Crippen LogP contribution is -2.49. The Bertz CT molecular complexity index is 495. The van der Waals surface area contributed by atoms with Crippen LogP contribution in [0.5, 0.6) is 0 Å². The van der Waals surface area contributed by atoms with Gasteiger partial charge in [-0.2, -0.15) is 0 Å². The zero-order chi connectivity index (χ0) is 16.1. The van der Waals surface area contributed by atoms with Gasteiger partial charge in [-0.05, 0) is 32.1 Å². The molecule has 1 aromatic heterocycles. The molecule has 3 unspecified atom stereocenters. The van der Waals surface area contributed by atoms with E-state index >= 15 is 0 Å². The van der Waals surface area contributed by atoms with E-state index in [-0.39, 0.29) is 0 Å². The molecule has 0 aromatic carbocycles. The number of ether oxygens (including phenoxy) is 1. The van der Waals surface area contributed by atoms with Crippen LogP contribution in [-0.2, 0) is 4.74 Å². The number of aliphatic imine (C=N–C) groups is 1. The Kier molecular flexibility index (Phi) is 5.54. The molecule has 0 aliphatic carbocycles. The van der Waals surface area contributed by atoms with Gasteiger partial charge in [0.15, 0.2) is 5.96 Å². The van der Waals surface area contributed by atoms with Crippen LogP contribution in [-0.4, -0.2) is 59.3 Å². The fraction of sp³-hybridized carbons (Fsp3) is 0.765. The Balaban J connectivity index is 1.67. The van der Waals surface area contributed by atoms with Gasteiger partial charge in [0.1, 0.15) is 0 Å². The van der Waals surface area contributed by atoms with Gasteiger partial charge in [0.25, 0.3) is 0 Å². The van der Waals surface area contributed by atoms with Gasteiger partial charge in [-0.15, -0.1) is 0 Å². The van der Waals surface area contributed by atoms with Gasteiger partial charge in [-0.3, -0.25) is 4.99 Å². The first-order valence-electron chi connectivity index (χ1n) is 8.90. The normalized spacial score (nSPS) is 29.0. The molecular weight excluding hydrogens is 290 g/mol. The average molecular weight is 319 g/mol. The number of nitrogens with zero attached hydrogens (tertiary/aromatic N) is 4. The minimum Gasteiger partial charge on any atom is -0.376 e. The maximum Gasteiger partial charge on any atom is 0.194 e. The smallest absolute Gasteiger partial charge is 0.194 e.